The van der Waals surface area contributed by atoms with E-state index in [1.54, 1.807) is 7.11 Å². The summed E-state index contributed by atoms with van der Waals surface area (Å²) in [7, 11) is 3.68. The first kappa shape index (κ1) is 14.2. The molecule has 0 spiro atoms. The van der Waals surface area contributed by atoms with Crippen LogP contribution in [0.15, 0.2) is 6.07 Å². The van der Waals surface area contributed by atoms with Gasteiger partial charge in [0.15, 0.2) is 5.82 Å². The fraction of sp³-hybridized carbons (Fsp3) is 0.643. The number of rotatable bonds is 4. The minimum atomic E-state index is 0.243. The zero-order valence-corrected chi connectivity index (χ0v) is 13.1. The van der Waals surface area contributed by atoms with Gasteiger partial charge in [-0.1, -0.05) is 0 Å². The van der Waals surface area contributed by atoms with Crippen molar-refractivity contribution in [1.82, 2.24) is 29.4 Å². The SMILES string of the molecule is COCc1nnc2n1CCN(Cc1cc(C)nn1C)[C@@H]2C. The Morgan fingerprint density at radius 1 is 1.33 bits per heavy atom. The van der Waals surface area contributed by atoms with Gasteiger partial charge >= 0.3 is 0 Å². The summed E-state index contributed by atoms with van der Waals surface area (Å²) in [6.45, 7) is 7.48. The predicted octanol–water partition coefficient (Wildman–Crippen LogP) is 1.04. The van der Waals surface area contributed by atoms with Gasteiger partial charge in [-0.3, -0.25) is 9.58 Å². The zero-order valence-electron chi connectivity index (χ0n) is 13.1. The standard InChI is InChI=1S/C14H22N6O/c1-10-7-12(18(3)17-10)8-19-5-6-20-13(9-21-4)15-16-14(20)11(19)2/h7,11H,5-6,8-9H2,1-4H3/t11-/m1/s1. The lowest BCUT2D eigenvalue weighted by Crippen LogP contribution is -2.37. The summed E-state index contributed by atoms with van der Waals surface area (Å²) >= 11 is 0. The molecule has 0 aromatic carbocycles. The Hall–Kier alpha value is -1.73. The van der Waals surface area contributed by atoms with Gasteiger partial charge in [0.2, 0.25) is 0 Å². The lowest BCUT2D eigenvalue weighted by molar-refractivity contribution is 0.140. The molecule has 114 valence electrons. The summed E-state index contributed by atoms with van der Waals surface area (Å²) in [4.78, 5) is 2.41. The Morgan fingerprint density at radius 2 is 2.14 bits per heavy atom. The smallest absolute Gasteiger partial charge is 0.159 e. The molecule has 21 heavy (non-hydrogen) atoms. The maximum absolute atomic E-state index is 5.18. The molecule has 3 rings (SSSR count). The zero-order chi connectivity index (χ0) is 15.0. The fourth-order valence-electron chi connectivity index (χ4n) is 2.96. The third kappa shape index (κ3) is 2.58. The number of aromatic nitrogens is 5. The fourth-order valence-corrected chi connectivity index (χ4v) is 2.96. The third-order valence-corrected chi connectivity index (χ3v) is 4.13. The number of aryl methyl sites for hydroxylation is 2. The van der Waals surface area contributed by atoms with E-state index < -0.39 is 0 Å². The third-order valence-electron chi connectivity index (χ3n) is 4.13. The van der Waals surface area contributed by atoms with Crippen LogP contribution in [0.2, 0.25) is 0 Å². The quantitative estimate of drug-likeness (QED) is 0.842. The van der Waals surface area contributed by atoms with Crippen LogP contribution in [0.1, 0.15) is 36.0 Å². The van der Waals surface area contributed by atoms with Crippen LogP contribution in [0, 0.1) is 6.92 Å². The van der Waals surface area contributed by atoms with Gasteiger partial charge < -0.3 is 9.30 Å². The molecule has 0 fully saturated rings. The van der Waals surface area contributed by atoms with Crippen molar-refractivity contribution in [2.24, 2.45) is 7.05 Å². The van der Waals surface area contributed by atoms with Gasteiger partial charge in [-0.25, -0.2) is 0 Å². The lowest BCUT2D eigenvalue weighted by Gasteiger charge is -2.33. The molecule has 0 saturated heterocycles. The maximum atomic E-state index is 5.18. The van der Waals surface area contributed by atoms with E-state index in [1.807, 2.05) is 18.7 Å². The van der Waals surface area contributed by atoms with Crippen LogP contribution in [-0.4, -0.2) is 43.1 Å². The number of fused-ring (bicyclic) bond motifs is 1. The highest BCUT2D eigenvalue weighted by Gasteiger charge is 2.28. The van der Waals surface area contributed by atoms with Gasteiger partial charge in [0, 0.05) is 33.8 Å². The van der Waals surface area contributed by atoms with Crippen molar-refractivity contribution >= 4 is 0 Å². The molecule has 0 N–H and O–H groups in total. The second-order valence-corrected chi connectivity index (χ2v) is 5.61. The Kier molecular flexibility index (Phi) is 3.77. The van der Waals surface area contributed by atoms with Crippen molar-refractivity contribution in [3.05, 3.63) is 29.1 Å². The molecule has 2 aromatic heterocycles. The molecule has 0 unspecified atom stereocenters. The normalized spacial score (nSPS) is 19.0. The minimum Gasteiger partial charge on any atom is -0.377 e. The average molecular weight is 290 g/mol. The second-order valence-electron chi connectivity index (χ2n) is 5.61. The molecule has 0 aliphatic carbocycles. The predicted molar refractivity (Wildman–Crippen MR) is 77.5 cm³/mol. The van der Waals surface area contributed by atoms with Crippen molar-refractivity contribution in [3.8, 4) is 0 Å². The summed E-state index contributed by atoms with van der Waals surface area (Å²) in [6.07, 6.45) is 0. The lowest BCUT2D eigenvalue weighted by atomic mass is 10.2. The Labute approximate surface area is 124 Å². The van der Waals surface area contributed by atoms with E-state index in [2.05, 4.69) is 37.8 Å². The van der Waals surface area contributed by atoms with Crippen LogP contribution in [0.3, 0.4) is 0 Å². The highest BCUT2D eigenvalue weighted by atomic mass is 16.5. The van der Waals surface area contributed by atoms with Crippen LogP contribution in [0.25, 0.3) is 0 Å². The van der Waals surface area contributed by atoms with E-state index in [1.165, 1.54) is 5.69 Å². The minimum absolute atomic E-state index is 0.243. The van der Waals surface area contributed by atoms with Crippen LogP contribution < -0.4 is 0 Å². The molecule has 7 heteroatoms. The van der Waals surface area contributed by atoms with Crippen molar-refractivity contribution in [1.29, 1.82) is 0 Å². The number of hydrogen-bond acceptors (Lipinski definition) is 5. The van der Waals surface area contributed by atoms with Crippen LogP contribution in [-0.2, 0) is 31.5 Å². The van der Waals surface area contributed by atoms with Crippen LogP contribution in [0.5, 0.6) is 0 Å². The van der Waals surface area contributed by atoms with Gasteiger partial charge in [0.1, 0.15) is 12.4 Å². The summed E-state index contributed by atoms with van der Waals surface area (Å²) in [5.74, 6) is 1.93. The number of hydrogen-bond donors (Lipinski definition) is 0. The second kappa shape index (κ2) is 5.57. The molecule has 0 amide bonds. The maximum Gasteiger partial charge on any atom is 0.159 e. The Morgan fingerprint density at radius 3 is 2.81 bits per heavy atom. The average Bonchev–Trinajstić information content (AvgIpc) is 2.98. The molecular weight excluding hydrogens is 268 g/mol. The molecular formula is C14H22N6O. The largest absolute Gasteiger partial charge is 0.377 e. The first-order valence-corrected chi connectivity index (χ1v) is 7.24. The highest BCUT2D eigenvalue weighted by molar-refractivity contribution is 5.10. The Balaban J connectivity index is 1.79. The summed E-state index contributed by atoms with van der Waals surface area (Å²) in [6, 6.07) is 2.38. The summed E-state index contributed by atoms with van der Waals surface area (Å²) in [5.41, 5.74) is 2.28. The summed E-state index contributed by atoms with van der Waals surface area (Å²) in [5, 5.41) is 13.0. The molecule has 0 radical (unpaired) electrons. The van der Waals surface area contributed by atoms with E-state index in [0.29, 0.717) is 6.61 Å². The van der Waals surface area contributed by atoms with Gasteiger partial charge in [0.05, 0.1) is 17.4 Å². The molecule has 1 atom stereocenters. The van der Waals surface area contributed by atoms with Gasteiger partial charge in [-0.15, -0.1) is 10.2 Å². The van der Waals surface area contributed by atoms with E-state index in [9.17, 15) is 0 Å². The monoisotopic (exact) mass is 290 g/mol. The molecule has 1 aliphatic rings. The first-order chi connectivity index (χ1) is 10.1. The molecule has 0 bridgehead atoms. The molecule has 2 aromatic rings. The van der Waals surface area contributed by atoms with E-state index in [0.717, 1.165) is 37.0 Å². The molecule has 3 heterocycles. The van der Waals surface area contributed by atoms with Crippen molar-refractivity contribution in [2.45, 2.75) is 39.6 Å². The van der Waals surface area contributed by atoms with Crippen molar-refractivity contribution in [3.63, 3.8) is 0 Å². The van der Waals surface area contributed by atoms with Gasteiger partial charge in [-0.2, -0.15) is 5.10 Å². The number of methoxy groups -OCH3 is 1. The van der Waals surface area contributed by atoms with E-state index >= 15 is 0 Å². The topological polar surface area (TPSA) is 61.0 Å². The number of nitrogens with zero attached hydrogens (tertiary/aromatic N) is 6. The molecule has 0 saturated carbocycles. The number of ether oxygens (including phenoxy) is 1. The molecule has 7 nitrogen and oxygen atoms in total. The van der Waals surface area contributed by atoms with Crippen molar-refractivity contribution in [2.75, 3.05) is 13.7 Å². The van der Waals surface area contributed by atoms with E-state index in [4.69, 9.17) is 4.74 Å². The van der Waals surface area contributed by atoms with Gasteiger partial charge in [-0.05, 0) is 19.9 Å². The summed E-state index contributed by atoms with van der Waals surface area (Å²) < 4.78 is 9.32. The van der Waals surface area contributed by atoms with Crippen LogP contribution in [0.4, 0.5) is 0 Å². The van der Waals surface area contributed by atoms with Crippen molar-refractivity contribution < 1.29 is 4.74 Å². The molecule has 1 aliphatic heterocycles. The van der Waals surface area contributed by atoms with E-state index in [-0.39, 0.29) is 6.04 Å². The first-order valence-electron chi connectivity index (χ1n) is 7.24. The van der Waals surface area contributed by atoms with Gasteiger partial charge in [0.25, 0.3) is 0 Å². The van der Waals surface area contributed by atoms with Crippen LogP contribution >= 0.6 is 0 Å². The Bertz CT molecular complexity index is 631. The highest BCUT2D eigenvalue weighted by Crippen LogP contribution is 2.26.